The third-order valence-corrected chi connectivity index (χ3v) is 5.13. The summed E-state index contributed by atoms with van der Waals surface area (Å²) in [5, 5.41) is 4.67. The number of nitrogens with zero attached hydrogens (tertiary/aromatic N) is 4. The Morgan fingerprint density at radius 3 is 2.70 bits per heavy atom. The number of benzene rings is 1. The van der Waals surface area contributed by atoms with Crippen LogP contribution in [0.1, 0.15) is 11.3 Å². The summed E-state index contributed by atoms with van der Waals surface area (Å²) in [5.41, 5.74) is 2.36. The van der Waals surface area contributed by atoms with Gasteiger partial charge in [-0.05, 0) is 26.1 Å². The van der Waals surface area contributed by atoms with Crippen LogP contribution in [0, 0.1) is 6.92 Å². The van der Waals surface area contributed by atoms with Crippen molar-refractivity contribution in [2.24, 2.45) is 7.05 Å². The van der Waals surface area contributed by atoms with Gasteiger partial charge in [-0.1, -0.05) is 12.1 Å². The first-order valence-electron chi connectivity index (χ1n) is 9.54. The van der Waals surface area contributed by atoms with E-state index in [1.54, 1.807) is 0 Å². The van der Waals surface area contributed by atoms with E-state index in [9.17, 15) is 0 Å². The molecule has 1 aromatic carbocycles. The first-order valence-corrected chi connectivity index (χ1v) is 9.54. The predicted molar refractivity (Wildman–Crippen MR) is 104 cm³/mol. The number of likely N-dealkylation sites (N-methyl/N-ethyl adjacent to an activating group) is 1. The summed E-state index contributed by atoms with van der Waals surface area (Å²) < 4.78 is 19.5. The highest BCUT2D eigenvalue weighted by molar-refractivity contribution is 5.50. The van der Waals surface area contributed by atoms with Crippen LogP contribution in [0.2, 0.25) is 0 Å². The fraction of sp³-hybridized carbons (Fsp3) is 0.550. The van der Waals surface area contributed by atoms with Crippen LogP contribution in [0.25, 0.3) is 0 Å². The van der Waals surface area contributed by atoms with Crippen molar-refractivity contribution in [3.05, 3.63) is 35.5 Å². The summed E-state index contributed by atoms with van der Waals surface area (Å²) in [6.45, 7) is 7.64. The summed E-state index contributed by atoms with van der Waals surface area (Å²) >= 11 is 0. The van der Waals surface area contributed by atoms with Gasteiger partial charge >= 0.3 is 0 Å². The Kier molecular flexibility index (Phi) is 5.22. The van der Waals surface area contributed by atoms with E-state index in [1.165, 1.54) is 11.4 Å². The number of aryl methyl sites for hydroxylation is 2. The van der Waals surface area contributed by atoms with Crippen LogP contribution >= 0.6 is 0 Å². The molecule has 0 bridgehead atoms. The Bertz CT molecular complexity index is 786. The van der Waals surface area contributed by atoms with Gasteiger partial charge in [-0.15, -0.1) is 0 Å². The minimum absolute atomic E-state index is 0.0220. The summed E-state index contributed by atoms with van der Waals surface area (Å²) in [4.78, 5) is 4.67. The molecule has 2 aliphatic rings. The SMILES string of the molecule is Cc1nn(C)c(N2CCOCC2)c1CN(C)CC1COc2ccccc2O1. The summed E-state index contributed by atoms with van der Waals surface area (Å²) in [7, 11) is 4.15. The maximum atomic E-state index is 6.11. The average molecular weight is 372 g/mol. The predicted octanol–water partition coefficient (Wildman–Crippen LogP) is 1.84. The van der Waals surface area contributed by atoms with Gasteiger partial charge in [-0.25, -0.2) is 0 Å². The fourth-order valence-electron chi connectivity index (χ4n) is 3.88. The normalized spacial score (nSPS) is 19.6. The fourth-order valence-corrected chi connectivity index (χ4v) is 3.88. The zero-order chi connectivity index (χ0) is 18.8. The van der Waals surface area contributed by atoms with Crippen LogP contribution in [-0.4, -0.2) is 67.3 Å². The molecule has 0 aliphatic carbocycles. The molecule has 7 heteroatoms. The Labute approximate surface area is 160 Å². The highest BCUT2D eigenvalue weighted by atomic mass is 16.6. The largest absolute Gasteiger partial charge is 0.486 e. The molecule has 1 saturated heterocycles. The molecule has 1 unspecified atom stereocenters. The van der Waals surface area contributed by atoms with Crippen LogP contribution in [0.15, 0.2) is 24.3 Å². The van der Waals surface area contributed by atoms with Crippen LogP contribution in [-0.2, 0) is 18.3 Å². The zero-order valence-electron chi connectivity index (χ0n) is 16.4. The Hall–Kier alpha value is -2.25. The van der Waals surface area contributed by atoms with Gasteiger partial charge in [0, 0.05) is 38.8 Å². The van der Waals surface area contributed by atoms with Crippen molar-refractivity contribution in [3.8, 4) is 11.5 Å². The van der Waals surface area contributed by atoms with Crippen molar-refractivity contribution in [3.63, 3.8) is 0 Å². The molecule has 0 saturated carbocycles. The topological polar surface area (TPSA) is 52.0 Å². The number of rotatable bonds is 5. The van der Waals surface area contributed by atoms with E-state index < -0.39 is 0 Å². The van der Waals surface area contributed by atoms with Crippen LogP contribution in [0.3, 0.4) is 0 Å². The Morgan fingerprint density at radius 2 is 1.93 bits per heavy atom. The zero-order valence-corrected chi connectivity index (χ0v) is 16.4. The number of morpholine rings is 1. The molecule has 0 radical (unpaired) electrons. The lowest BCUT2D eigenvalue weighted by molar-refractivity contribution is 0.0637. The van der Waals surface area contributed by atoms with Gasteiger partial charge in [-0.2, -0.15) is 5.10 Å². The second kappa shape index (κ2) is 7.78. The molecular formula is C20H28N4O3. The minimum atomic E-state index is 0.0220. The van der Waals surface area contributed by atoms with Crippen molar-refractivity contribution >= 4 is 5.82 Å². The standard InChI is InChI=1S/C20H28N4O3/c1-15-17(20(23(3)21-15)24-8-10-25-11-9-24)13-22(2)12-16-14-26-18-6-4-5-7-19(18)27-16/h4-7,16H,8-14H2,1-3H3. The number of hydrogen-bond acceptors (Lipinski definition) is 6. The van der Waals surface area contributed by atoms with Gasteiger partial charge < -0.3 is 19.1 Å². The van der Waals surface area contributed by atoms with E-state index in [0.717, 1.165) is 56.6 Å². The first kappa shape index (κ1) is 18.1. The van der Waals surface area contributed by atoms with Gasteiger partial charge in [0.1, 0.15) is 18.5 Å². The maximum absolute atomic E-state index is 6.11. The lowest BCUT2D eigenvalue weighted by atomic mass is 10.2. The number of hydrogen-bond donors (Lipinski definition) is 0. The van der Waals surface area contributed by atoms with Crippen molar-refractivity contribution in [1.29, 1.82) is 0 Å². The van der Waals surface area contributed by atoms with Crippen molar-refractivity contribution in [2.75, 3.05) is 51.4 Å². The van der Waals surface area contributed by atoms with E-state index in [-0.39, 0.29) is 6.10 Å². The molecule has 4 rings (SSSR count). The molecule has 2 aliphatic heterocycles. The Balaban J connectivity index is 1.43. The number of ether oxygens (including phenoxy) is 3. The van der Waals surface area contributed by atoms with Gasteiger partial charge in [-0.3, -0.25) is 9.58 Å². The second-order valence-corrected chi connectivity index (χ2v) is 7.30. The monoisotopic (exact) mass is 372 g/mol. The van der Waals surface area contributed by atoms with Crippen LogP contribution in [0.4, 0.5) is 5.82 Å². The van der Waals surface area contributed by atoms with Crippen molar-refractivity contribution in [2.45, 2.75) is 19.6 Å². The number of anilines is 1. The molecule has 0 amide bonds. The van der Waals surface area contributed by atoms with Crippen molar-refractivity contribution in [1.82, 2.24) is 14.7 Å². The molecule has 0 spiro atoms. The average Bonchev–Trinajstić information content (AvgIpc) is 2.95. The number of para-hydroxylation sites is 2. The second-order valence-electron chi connectivity index (χ2n) is 7.30. The quantitative estimate of drug-likeness (QED) is 0.798. The molecule has 27 heavy (non-hydrogen) atoms. The minimum Gasteiger partial charge on any atom is -0.486 e. The van der Waals surface area contributed by atoms with E-state index in [1.807, 2.05) is 36.0 Å². The molecule has 1 fully saturated rings. The molecule has 2 aromatic rings. The van der Waals surface area contributed by atoms with Gasteiger partial charge in [0.25, 0.3) is 0 Å². The number of aromatic nitrogens is 2. The highest BCUT2D eigenvalue weighted by Crippen LogP contribution is 2.31. The Morgan fingerprint density at radius 1 is 1.19 bits per heavy atom. The molecule has 1 atom stereocenters. The van der Waals surface area contributed by atoms with E-state index in [0.29, 0.717) is 6.61 Å². The van der Waals surface area contributed by atoms with Crippen LogP contribution < -0.4 is 14.4 Å². The molecule has 1 aromatic heterocycles. The molecule has 7 nitrogen and oxygen atoms in total. The number of fused-ring (bicyclic) bond motifs is 1. The van der Waals surface area contributed by atoms with Gasteiger partial charge in [0.15, 0.2) is 11.5 Å². The first-order chi connectivity index (χ1) is 13.1. The highest BCUT2D eigenvalue weighted by Gasteiger charge is 2.25. The van der Waals surface area contributed by atoms with Crippen molar-refractivity contribution < 1.29 is 14.2 Å². The van der Waals surface area contributed by atoms with E-state index in [2.05, 4.69) is 28.9 Å². The lowest BCUT2D eigenvalue weighted by Gasteiger charge is -2.31. The van der Waals surface area contributed by atoms with Crippen LogP contribution in [0.5, 0.6) is 11.5 Å². The summed E-state index contributed by atoms with van der Waals surface area (Å²) in [5.74, 6) is 2.86. The summed E-state index contributed by atoms with van der Waals surface area (Å²) in [6.07, 6.45) is 0.0220. The third-order valence-electron chi connectivity index (χ3n) is 5.13. The molecule has 3 heterocycles. The summed E-state index contributed by atoms with van der Waals surface area (Å²) in [6, 6.07) is 7.85. The van der Waals surface area contributed by atoms with Gasteiger partial charge in [0.05, 0.1) is 18.9 Å². The van der Waals surface area contributed by atoms with E-state index in [4.69, 9.17) is 14.2 Å². The smallest absolute Gasteiger partial charge is 0.161 e. The molecular weight excluding hydrogens is 344 g/mol. The third kappa shape index (κ3) is 3.89. The maximum Gasteiger partial charge on any atom is 0.161 e. The molecule has 146 valence electrons. The molecule has 0 N–H and O–H groups in total. The van der Waals surface area contributed by atoms with Gasteiger partial charge in [0.2, 0.25) is 0 Å². The lowest BCUT2D eigenvalue weighted by Crippen LogP contribution is -2.40. The van der Waals surface area contributed by atoms with E-state index >= 15 is 0 Å².